The number of nitrogens with zero attached hydrogens (tertiary/aromatic N) is 5. The van der Waals surface area contributed by atoms with Crippen molar-refractivity contribution in [3.63, 3.8) is 0 Å². The Morgan fingerprint density at radius 2 is 1.91 bits per heavy atom. The van der Waals surface area contributed by atoms with Crippen LogP contribution >= 0.6 is 0 Å². The second-order valence-electron chi connectivity index (χ2n) is 7.90. The fourth-order valence-corrected chi connectivity index (χ4v) is 4.02. The van der Waals surface area contributed by atoms with Crippen LogP contribution in [0.4, 0.5) is 30.6 Å². The zero-order valence-corrected chi connectivity index (χ0v) is 18.1. The van der Waals surface area contributed by atoms with Gasteiger partial charge >= 0.3 is 0 Å². The maximum atomic E-state index is 15.2. The second-order valence-corrected chi connectivity index (χ2v) is 7.90. The van der Waals surface area contributed by atoms with E-state index < -0.39 is 23.4 Å². The highest BCUT2D eigenvalue weighted by molar-refractivity contribution is 5.97. The molecule has 0 fully saturated rings. The van der Waals surface area contributed by atoms with Crippen LogP contribution in [0.3, 0.4) is 0 Å². The average Bonchev–Trinajstić information content (AvgIpc) is 3.43. The number of rotatable bonds is 5. The Morgan fingerprint density at radius 3 is 2.71 bits per heavy atom. The highest BCUT2D eigenvalue weighted by atomic mass is 19.1. The van der Waals surface area contributed by atoms with Crippen LogP contribution in [0.2, 0.25) is 0 Å². The smallest absolute Gasteiger partial charge is 0.231 e. The zero-order valence-electron chi connectivity index (χ0n) is 18.1. The van der Waals surface area contributed by atoms with E-state index in [1.54, 1.807) is 42.3 Å². The summed E-state index contributed by atoms with van der Waals surface area (Å²) in [5.74, 6) is -1.37. The predicted molar refractivity (Wildman–Crippen MR) is 120 cm³/mol. The molecule has 10 heteroatoms. The molecule has 2 aromatic carbocycles. The van der Waals surface area contributed by atoms with Crippen molar-refractivity contribution in [3.8, 4) is 11.3 Å². The van der Waals surface area contributed by atoms with Crippen LogP contribution in [-0.4, -0.2) is 32.2 Å². The second kappa shape index (κ2) is 8.62. The molecule has 1 aliphatic heterocycles. The van der Waals surface area contributed by atoms with Gasteiger partial charge in [0.15, 0.2) is 0 Å². The number of fused-ring (bicyclic) bond motifs is 1. The molecule has 1 aliphatic rings. The maximum absolute atomic E-state index is 15.2. The number of aromatic nitrogens is 4. The fourth-order valence-electron chi connectivity index (χ4n) is 4.02. The molecule has 3 heterocycles. The van der Waals surface area contributed by atoms with Gasteiger partial charge in [-0.3, -0.25) is 9.48 Å². The predicted octanol–water partition coefficient (Wildman–Crippen LogP) is 4.17. The van der Waals surface area contributed by atoms with Crippen LogP contribution < -0.4 is 10.2 Å². The van der Waals surface area contributed by atoms with Crippen LogP contribution in [0.5, 0.6) is 0 Å². The molecule has 0 saturated carbocycles. The summed E-state index contributed by atoms with van der Waals surface area (Å²) >= 11 is 0. The Balaban J connectivity index is 1.40. The minimum atomic E-state index is -0.677. The highest BCUT2D eigenvalue weighted by Crippen LogP contribution is 2.35. The molecule has 0 bridgehead atoms. The van der Waals surface area contributed by atoms with E-state index in [0.29, 0.717) is 35.0 Å². The Kier molecular flexibility index (Phi) is 5.48. The number of nitrogens with one attached hydrogen (secondary N) is 1. The van der Waals surface area contributed by atoms with Gasteiger partial charge in [0, 0.05) is 37.0 Å². The zero-order chi connectivity index (χ0) is 23.8. The third kappa shape index (κ3) is 4.09. The first-order valence-corrected chi connectivity index (χ1v) is 10.5. The average molecular weight is 464 g/mol. The van der Waals surface area contributed by atoms with Gasteiger partial charge in [-0.1, -0.05) is 0 Å². The third-order valence-electron chi connectivity index (χ3n) is 5.68. The van der Waals surface area contributed by atoms with Crippen molar-refractivity contribution in [2.75, 3.05) is 16.8 Å². The number of carbonyl (C=O) groups excluding carboxylic acids is 1. The van der Waals surface area contributed by atoms with E-state index in [4.69, 9.17) is 0 Å². The largest absolute Gasteiger partial charge is 0.309 e. The summed E-state index contributed by atoms with van der Waals surface area (Å²) in [6.45, 7) is 0.253. The lowest BCUT2D eigenvalue weighted by Gasteiger charge is -2.19. The van der Waals surface area contributed by atoms with Crippen molar-refractivity contribution >= 4 is 23.4 Å². The van der Waals surface area contributed by atoms with Crippen molar-refractivity contribution in [2.24, 2.45) is 7.05 Å². The van der Waals surface area contributed by atoms with Crippen LogP contribution in [0.25, 0.3) is 11.3 Å². The molecule has 5 rings (SSSR count). The Hall–Kier alpha value is -4.21. The summed E-state index contributed by atoms with van der Waals surface area (Å²) in [4.78, 5) is 22.8. The number of anilines is 3. The van der Waals surface area contributed by atoms with E-state index in [0.717, 1.165) is 18.2 Å². The van der Waals surface area contributed by atoms with Crippen molar-refractivity contribution in [3.05, 3.63) is 83.4 Å². The van der Waals surface area contributed by atoms with Crippen molar-refractivity contribution in [1.82, 2.24) is 19.7 Å². The molecule has 34 heavy (non-hydrogen) atoms. The molecule has 4 aromatic rings. The van der Waals surface area contributed by atoms with E-state index in [1.165, 1.54) is 11.0 Å². The minimum absolute atomic E-state index is 0.0649. The Bertz CT molecular complexity index is 1400. The Morgan fingerprint density at radius 1 is 1.06 bits per heavy atom. The van der Waals surface area contributed by atoms with Crippen LogP contribution in [-0.2, 0) is 24.7 Å². The quantitative estimate of drug-likeness (QED) is 0.480. The number of hydrogen-bond acceptors (Lipinski definition) is 5. The monoisotopic (exact) mass is 464 g/mol. The molecule has 0 unspecified atom stereocenters. The highest BCUT2D eigenvalue weighted by Gasteiger charge is 2.29. The molecule has 0 aliphatic carbocycles. The number of carbonyl (C=O) groups is 1. The first kappa shape index (κ1) is 21.6. The van der Waals surface area contributed by atoms with Crippen LogP contribution in [0, 0.1) is 17.5 Å². The molecule has 7 nitrogen and oxygen atoms in total. The Labute approximate surface area is 192 Å². The molecule has 0 atom stereocenters. The number of hydrogen-bond donors (Lipinski definition) is 1. The van der Waals surface area contributed by atoms with Crippen molar-refractivity contribution in [1.29, 1.82) is 0 Å². The maximum Gasteiger partial charge on any atom is 0.231 e. The molecule has 1 N–H and O–H groups in total. The molecule has 172 valence electrons. The van der Waals surface area contributed by atoms with Gasteiger partial charge in [-0.05, 0) is 48.4 Å². The standard InChI is InChI=1S/C24H19F3N6O/c1-32-21(5-8-29-32)31-24-28-7-4-20(30-24)16-10-14-6-9-33(23(14)19(27)12-16)22(34)13-15-11-17(25)2-3-18(15)26/h2-5,7-8,10-12H,6,9,13H2,1H3,(H,28,30,31). The number of halogens is 3. The number of benzene rings is 2. The molecule has 1 amide bonds. The lowest BCUT2D eigenvalue weighted by atomic mass is 10.0. The van der Waals surface area contributed by atoms with E-state index in [1.807, 2.05) is 0 Å². The topological polar surface area (TPSA) is 75.9 Å². The first-order chi connectivity index (χ1) is 16.4. The molecule has 0 saturated heterocycles. The first-order valence-electron chi connectivity index (χ1n) is 10.5. The fraction of sp³-hybridized carbons (Fsp3) is 0.167. The van der Waals surface area contributed by atoms with Crippen molar-refractivity contribution in [2.45, 2.75) is 12.8 Å². The summed E-state index contributed by atoms with van der Waals surface area (Å²) in [7, 11) is 1.78. The van der Waals surface area contributed by atoms with Gasteiger partial charge in [0.1, 0.15) is 23.3 Å². The molecule has 0 spiro atoms. The van der Waals surface area contributed by atoms with Crippen LogP contribution in [0.15, 0.2) is 54.9 Å². The SMILES string of the molecule is Cn1nccc1Nc1nccc(-c2cc(F)c3c(c2)CCN3C(=O)Cc2cc(F)ccc2F)n1. The third-order valence-corrected chi connectivity index (χ3v) is 5.68. The normalized spacial score (nSPS) is 12.6. The van der Waals surface area contributed by atoms with Crippen molar-refractivity contribution < 1.29 is 18.0 Å². The molecule has 0 radical (unpaired) electrons. The van der Waals surface area contributed by atoms with E-state index in [2.05, 4.69) is 20.4 Å². The van der Waals surface area contributed by atoms with Gasteiger partial charge in [0.2, 0.25) is 11.9 Å². The van der Waals surface area contributed by atoms with Gasteiger partial charge in [-0.25, -0.2) is 23.1 Å². The van der Waals surface area contributed by atoms with Gasteiger partial charge in [-0.15, -0.1) is 0 Å². The number of aryl methyl sites for hydroxylation is 1. The van der Waals surface area contributed by atoms with Gasteiger partial charge in [0.25, 0.3) is 0 Å². The van der Waals surface area contributed by atoms with Gasteiger partial charge in [-0.2, -0.15) is 5.10 Å². The molecular formula is C24H19F3N6O. The van der Waals surface area contributed by atoms with E-state index >= 15 is 4.39 Å². The summed E-state index contributed by atoms with van der Waals surface area (Å²) in [6, 6.07) is 9.47. The summed E-state index contributed by atoms with van der Waals surface area (Å²) < 4.78 is 44.3. The summed E-state index contributed by atoms with van der Waals surface area (Å²) in [6.07, 6.45) is 3.27. The summed E-state index contributed by atoms with van der Waals surface area (Å²) in [5.41, 5.74) is 1.78. The molecule has 2 aromatic heterocycles. The lowest BCUT2D eigenvalue weighted by molar-refractivity contribution is -0.118. The van der Waals surface area contributed by atoms with E-state index in [9.17, 15) is 13.6 Å². The van der Waals surface area contributed by atoms with Gasteiger partial charge < -0.3 is 10.2 Å². The lowest BCUT2D eigenvalue weighted by Crippen LogP contribution is -2.31. The summed E-state index contributed by atoms with van der Waals surface area (Å²) in [5, 5.41) is 7.14. The molecular weight excluding hydrogens is 445 g/mol. The number of amides is 1. The van der Waals surface area contributed by atoms with Gasteiger partial charge in [0.05, 0.1) is 24.0 Å². The van der Waals surface area contributed by atoms with Crippen LogP contribution in [0.1, 0.15) is 11.1 Å². The minimum Gasteiger partial charge on any atom is -0.309 e. The van der Waals surface area contributed by atoms with E-state index in [-0.39, 0.29) is 24.2 Å².